The van der Waals surface area contributed by atoms with Gasteiger partial charge in [-0.05, 0) is 32.0 Å². The van der Waals surface area contributed by atoms with Gasteiger partial charge in [-0.1, -0.05) is 11.6 Å². The van der Waals surface area contributed by atoms with Gasteiger partial charge in [-0.2, -0.15) is 0 Å². The standard InChI is InChI=1S/C16H21ClFN3O3/c1-3-24-16(23)21-8-6-20(7-9-21)11(2)15(22)19-14-5-4-12(17)10-13(14)18/h4-5,10-11H,3,6-9H2,1-2H3,(H,19,22)/t11-/m0/s1. The molecule has 1 heterocycles. The molecular formula is C16H21ClFN3O3. The van der Waals surface area contributed by atoms with Gasteiger partial charge in [0, 0.05) is 31.2 Å². The lowest BCUT2D eigenvalue weighted by Crippen LogP contribution is -2.54. The second-order valence-electron chi connectivity index (χ2n) is 5.51. The molecule has 1 fully saturated rings. The first-order valence-corrected chi connectivity index (χ1v) is 8.21. The highest BCUT2D eigenvalue weighted by molar-refractivity contribution is 6.30. The van der Waals surface area contributed by atoms with Crippen LogP contribution in [0.3, 0.4) is 0 Å². The highest BCUT2D eigenvalue weighted by Gasteiger charge is 2.28. The lowest BCUT2D eigenvalue weighted by atomic mass is 10.2. The van der Waals surface area contributed by atoms with E-state index in [0.29, 0.717) is 32.8 Å². The molecule has 0 aliphatic carbocycles. The van der Waals surface area contributed by atoms with E-state index in [1.165, 1.54) is 12.1 Å². The van der Waals surface area contributed by atoms with Crippen molar-refractivity contribution >= 4 is 29.3 Å². The van der Waals surface area contributed by atoms with Crippen molar-refractivity contribution in [3.8, 4) is 0 Å². The molecule has 0 radical (unpaired) electrons. The number of carbonyl (C=O) groups is 2. The number of hydrogen-bond acceptors (Lipinski definition) is 4. The van der Waals surface area contributed by atoms with Crippen LogP contribution >= 0.6 is 11.6 Å². The Morgan fingerprint density at radius 2 is 2.00 bits per heavy atom. The Bertz CT molecular complexity index is 606. The van der Waals surface area contributed by atoms with Crippen LogP contribution in [0, 0.1) is 5.82 Å². The zero-order valence-electron chi connectivity index (χ0n) is 13.7. The van der Waals surface area contributed by atoms with Gasteiger partial charge in [0.15, 0.2) is 0 Å². The average Bonchev–Trinajstić information content (AvgIpc) is 2.57. The third-order valence-electron chi connectivity index (χ3n) is 3.96. The highest BCUT2D eigenvalue weighted by Crippen LogP contribution is 2.19. The van der Waals surface area contributed by atoms with Crippen LogP contribution in [0.1, 0.15) is 13.8 Å². The number of halogens is 2. The normalized spacial score (nSPS) is 16.6. The highest BCUT2D eigenvalue weighted by atomic mass is 35.5. The first kappa shape index (κ1) is 18.5. The molecule has 0 spiro atoms. The molecule has 1 aromatic rings. The zero-order chi connectivity index (χ0) is 17.7. The smallest absolute Gasteiger partial charge is 0.409 e. The summed E-state index contributed by atoms with van der Waals surface area (Å²) in [4.78, 5) is 27.5. The molecule has 0 unspecified atom stereocenters. The monoisotopic (exact) mass is 357 g/mol. The van der Waals surface area contributed by atoms with E-state index in [1.807, 2.05) is 4.90 Å². The molecule has 2 rings (SSSR count). The Morgan fingerprint density at radius 3 is 2.58 bits per heavy atom. The van der Waals surface area contributed by atoms with Gasteiger partial charge >= 0.3 is 6.09 Å². The van der Waals surface area contributed by atoms with E-state index in [2.05, 4.69) is 5.32 Å². The summed E-state index contributed by atoms with van der Waals surface area (Å²) >= 11 is 5.70. The second-order valence-corrected chi connectivity index (χ2v) is 5.95. The fourth-order valence-corrected chi connectivity index (χ4v) is 2.66. The predicted molar refractivity (Wildman–Crippen MR) is 89.7 cm³/mol. The maximum absolute atomic E-state index is 13.8. The van der Waals surface area contributed by atoms with Crippen molar-refractivity contribution in [2.75, 3.05) is 38.1 Å². The summed E-state index contributed by atoms with van der Waals surface area (Å²) in [5.41, 5.74) is 0.0985. The van der Waals surface area contributed by atoms with Gasteiger partial charge in [-0.3, -0.25) is 9.69 Å². The van der Waals surface area contributed by atoms with Crippen molar-refractivity contribution in [1.29, 1.82) is 0 Å². The summed E-state index contributed by atoms with van der Waals surface area (Å²) in [6.07, 6.45) is -0.336. The number of amides is 2. The molecule has 0 saturated carbocycles. The topological polar surface area (TPSA) is 61.9 Å². The number of nitrogens with one attached hydrogen (secondary N) is 1. The summed E-state index contributed by atoms with van der Waals surface area (Å²) in [6, 6.07) is 3.66. The molecule has 1 saturated heterocycles. The summed E-state index contributed by atoms with van der Waals surface area (Å²) in [5, 5.41) is 2.84. The quantitative estimate of drug-likeness (QED) is 0.899. The van der Waals surface area contributed by atoms with Crippen molar-refractivity contribution in [3.05, 3.63) is 29.0 Å². The van der Waals surface area contributed by atoms with E-state index < -0.39 is 11.9 Å². The van der Waals surface area contributed by atoms with Crippen LogP contribution in [-0.2, 0) is 9.53 Å². The molecule has 24 heavy (non-hydrogen) atoms. The Kier molecular flexibility index (Phi) is 6.39. The Labute approximate surface area is 145 Å². The Hall–Kier alpha value is -1.86. The van der Waals surface area contributed by atoms with E-state index in [1.54, 1.807) is 18.7 Å². The summed E-state index contributed by atoms with van der Waals surface area (Å²) < 4.78 is 18.7. The van der Waals surface area contributed by atoms with Crippen LogP contribution in [-0.4, -0.2) is 60.6 Å². The number of rotatable bonds is 4. The minimum Gasteiger partial charge on any atom is -0.450 e. The van der Waals surface area contributed by atoms with Crippen molar-refractivity contribution in [3.63, 3.8) is 0 Å². The van der Waals surface area contributed by atoms with E-state index in [0.717, 1.165) is 6.07 Å². The van der Waals surface area contributed by atoms with E-state index in [-0.39, 0.29) is 22.7 Å². The number of ether oxygens (including phenoxy) is 1. The first-order chi connectivity index (χ1) is 11.4. The largest absolute Gasteiger partial charge is 0.450 e. The number of nitrogens with zero attached hydrogens (tertiary/aromatic N) is 2. The molecule has 132 valence electrons. The van der Waals surface area contributed by atoms with Crippen LogP contribution in [0.5, 0.6) is 0 Å². The van der Waals surface area contributed by atoms with Gasteiger partial charge in [-0.25, -0.2) is 9.18 Å². The van der Waals surface area contributed by atoms with Crippen molar-refractivity contribution in [2.45, 2.75) is 19.9 Å². The third kappa shape index (κ3) is 4.58. The minimum atomic E-state index is -0.574. The van der Waals surface area contributed by atoms with Gasteiger partial charge < -0.3 is 15.0 Å². The maximum atomic E-state index is 13.8. The molecule has 1 atom stereocenters. The van der Waals surface area contributed by atoms with Crippen molar-refractivity contribution < 1.29 is 18.7 Å². The molecular weight excluding hydrogens is 337 g/mol. The van der Waals surface area contributed by atoms with Gasteiger partial charge in [0.2, 0.25) is 5.91 Å². The van der Waals surface area contributed by atoms with Gasteiger partial charge in [0.1, 0.15) is 5.82 Å². The number of hydrogen-bond donors (Lipinski definition) is 1. The Morgan fingerprint density at radius 1 is 1.33 bits per heavy atom. The van der Waals surface area contributed by atoms with Gasteiger partial charge in [0.05, 0.1) is 18.3 Å². The second kappa shape index (κ2) is 8.30. The Balaban J connectivity index is 1.89. The fourth-order valence-electron chi connectivity index (χ4n) is 2.50. The van der Waals surface area contributed by atoms with Crippen LogP contribution < -0.4 is 5.32 Å². The van der Waals surface area contributed by atoms with Gasteiger partial charge in [-0.15, -0.1) is 0 Å². The van der Waals surface area contributed by atoms with Crippen LogP contribution in [0.4, 0.5) is 14.9 Å². The van der Waals surface area contributed by atoms with Gasteiger partial charge in [0.25, 0.3) is 0 Å². The molecule has 1 aliphatic heterocycles. The molecule has 1 aliphatic rings. The third-order valence-corrected chi connectivity index (χ3v) is 4.19. The van der Waals surface area contributed by atoms with Crippen molar-refractivity contribution in [1.82, 2.24) is 9.80 Å². The molecule has 2 amide bonds. The van der Waals surface area contributed by atoms with E-state index in [4.69, 9.17) is 16.3 Å². The summed E-state index contributed by atoms with van der Waals surface area (Å²) in [6.45, 7) is 5.94. The fraction of sp³-hybridized carbons (Fsp3) is 0.500. The summed E-state index contributed by atoms with van der Waals surface area (Å²) in [5.74, 6) is -0.879. The molecule has 0 aromatic heterocycles. The van der Waals surface area contributed by atoms with E-state index in [9.17, 15) is 14.0 Å². The number of carbonyl (C=O) groups excluding carboxylic acids is 2. The predicted octanol–water partition coefficient (Wildman–Crippen LogP) is 2.58. The van der Waals surface area contributed by atoms with Crippen molar-refractivity contribution in [2.24, 2.45) is 0 Å². The van der Waals surface area contributed by atoms with Crippen LogP contribution in [0.15, 0.2) is 18.2 Å². The molecule has 6 nitrogen and oxygen atoms in total. The first-order valence-electron chi connectivity index (χ1n) is 7.84. The summed E-state index contributed by atoms with van der Waals surface area (Å²) in [7, 11) is 0. The minimum absolute atomic E-state index is 0.0985. The lowest BCUT2D eigenvalue weighted by Gasteiger charge is -2.36. The number of benzene rings is 1. The molecule has 0 bridgehead atoms. The zero-order valence-corrected chi connectivity index (χ0v) is 14.5. The number of anilines is 1. The molecule has 1 aromatic carbocycles. The average molecular weight is 358 g/mol. The van der Waals surface area contributed by atoms with E-state index >= 15 is 0 Å². The SMILES string of the molecule is CCOC(=O)N1CCN([C@@H](C)C(=O)Nc2ccc(Cl)cc2F)CC1. The number of piperazine rings is 1. The van der Waals surface area contributed by atoms with Crippen LogP contribution in [0.25, 0.3) is 0 Å². The molecule has 1 N–H and O–H groups in total. The lowest BCUT2D eigenvalue weighted by molar-refractivity contribution is -0.121. The molecule has 8 heteroatoms. The maximum Gasteiger partial charge on any atom is 0.409 e. The van der Waals surface area contributed by atoms with Crippen LogP contribution in [0.2, 0.25) is 5.02 Å².